The molecule has 0 fully saturated rings. The van der Waals surface area contributed by atoms with Crippen LogP contribution in [0.4, 0.5) is 13.6 Å². The third kappa shape index (κ3) is 4.17. The van der Waals surface area contributed by atoms with Gasteiger partial charge in [-0.2, -0.15) is 5.26 Å². The summed E-state index contributed by atoms with van der Waals surface area (Å²) in [7, 11) is 0. The first-order chi connectivity index (χ1) is 15.9. The van der Waals surface area contributed by atoms with Crippen molar-refractivity contribution in [3.8, 4) is 6.07 Å². The van der Waals surface area contributed by atoms with Crippen molar-refractivity contribution in [3.05, 3.63) is 99.7 Å². The summed E-state index contributed by atoms with van der Waals surface area (Å²) in [4.78, 5) is 14.0. The molecule has 1 amide bonds. The Labute approximate surface area is 189 Å². The number of nitrogens with two attached hydrogens (primary N) is 1. The number of amides is 1. The quantitative estimate of drug-likeness (QED) is 0.741. The van der Waals surface area contributed by atoms with Gasteiger partial charge in [0.1, 0.15) is 29.0 Å². The molecule has 0 spiro atoms. The van der Waals surface area contributed by atoms with Gasteiger partial charge in [-0.05, 0) is 25.1 Å². The van der Waals surface area contributed by atoms with Crippen molar-refractivity contribution < 1.29 is 23.0 Å². The molecule has 0 aliphatic carbocycles. The number of nitrogens with zero attached hydrogens (tertiary/aromatic N) is 2. The van der Waals surface area contributed by atoms with E-state index in [1.165, 1.54) is 17.0 Å². The molecular weight excluding hydrogens is 428 g/mol. The van der Waals surface area contributed by atoms with Gasteiger partial charge in [-0.25, -0.2) is 13.6 Å². The van der Waals surface area contributed by atoms with E-state index in [9.17, 15) is 18.8 Å². The van der Waals surface area contributed by atoms with E-state index in [2.05, 4.69) is 0 Å². The van der Waals surface area contributed by atoms with Crippen LogP contribution in [0, 0.1) is 23.0 Å². The molecule has 2 aliphatic heterocycles. The van der Waals surface area contributed by atoms with E-state index >= 15 is 0 Å². The van der Waals surface area contributed by atoms with E-state index in [0.29, 0.717) is 16.9 Å². The summed E-state index contributed by atoms with van der Waals surface area (Å²) < 4.78 is 40.2. The number of halogens is 2. The summed E-state index contributed by atoms with van der Waals surface area (Å²) in [6.07, 6.45) is 0.968. The maximum atomic E-state index is 14.8. The lowest BCUT2D eigenvalue weighted by atomic mass is 9.80. The fourth-order valence-electron chi connectivity index (χ4n) is 4.06. The molecule has 0 aromatic heterocycles. The first-order valence-electron chi connectivity index (χ1n) is 10.4. The summed E-state index contributed by atoms with van der Waals surface area (Å²) in [6.45, 7) is 1.94. The van der Waals surface area contributed by atoms with Gasteiger partial charge in [0, 0.05) is 22.3 Å². The molecule has 1 unspecified atom stereocenters. The molecule has 0 saturated heterocycles. The van der Waals surface area contributed by atoms with Crippen LogP contribution < -0.4 is 5.73 Å². The second-order valence-corrected chi connectivity index (χ2v) is 7.55. The van der Waals surface area contributed by atoms with Crippen LogP contribution in [0.2, 0.25) is 0 Å². The number of hydrogen-bond acceptors (Lipinski definition) is 5. The molecule has 168 valence electrons. The van der Waals surface area contributed by atoms with Crippen LogP contribution in [0.15, 0.2) is 76.9 Å². The molecule has 1 atom stereocenters. The van der Waals surface area contributed by atoms with Crippen LogP contribution in [0.1, 0.15) is 24.0 Å². The van der Waals surface area contributed by atoms with Crippen molar-refractivity contribution in [1.82, 2.24) is 4.90 Å². The number of rotatable bonds is 3. The predicted octanol–water partition coefficient (Wildman–Crippen LogP) is 4.58. The van der Waals surface area contributed by atoms with E-state index in [4.69, 9.17) is 15.2 Å². The zero-order valence-corrected chi connectivity index (χ0v) is 17.8. The first kappa shape index (κ1) is 22.1. The Kier molecular flexibility index (Phi) is 6.13. The molecule has 2 N–H and O–H groups in total. The number of nitriles is 1. The molecule has 8 heteroatoms. The van der Waals surface area contributed by atoms with Gasteiger partial charge < -0.3 is 15.2 Å². The molecule has 0 bridgehead atoms. The highest BCUT2D eigenvalue weighted by atomic mass is 19.1. The topological polar surface area (TPSA) is 88.6 Å². The summed E-state index contributed by atoms with van der Waals surface area (Å²) >= 11 is 0. The van der Waals surface area contributed by atoms with Gasteiger partial charge in [-0.3, -0.25) is 4.90 Å². The third-order valence-electron chi connectivity index (χ3n) is 5.52. The number of hydrogen-bond donors (Lipinski definition) is 1. The van der Waals surface area contributed by atoms with Crippen LogP contribution in [-0.4, -0.2) is 30.7 Å². The van der Waals surface area contributed by atoms with Crippen molar-refractivity contribution in [3.63, 3.8) is 0 Å². The second kappa shape index (κ2) is 9.17. The van der Waals surface area contributed by atoms with Crippen LogP contribution in [0.3, 0.4) is 0 Å². The maximum Gasteiger partial charge on any atom is 0.410 e. The molecule has 0 radical (unpaired) electrons. The minimum atomic E-state index is -0.874. The molecule has 6 nitrogen and oxygen atoms in total. The third-order valence-corrected chi connectivity index (χ3v) is 5.52. The molecule has 4 rings (SSSR count). The van der Waals surface area contributed by atoms with Gasteiger partial charge >= 0.3 is 6.09 Å². The Bertz CT molecular complexity index is 1240. The van der Waals surface area contributed by atoms with E-state index in [0.717, 1.165) is 0 Å². The number of ether oxygens (including phenoxy) is 2. The zero-order chi connectivity index (χ0) is 23.5. The Hall–Kier alpha value is -4.12. The molecule has 33 heavy (non-hydrogen) atoms. The molecule has 2 aromatic carbocycles. The van der Waals surface area contributed by atoms with E-state index < -0.39 is 23.6 Å². The van der Waals surface area contributed by atoms with Gasteiger partial charge in [-0.15, -0.1) is 0 Å². The summed E-state index contributed by atoms with van der Waals surface area (Å²) in [5, 5.41) is 9.79. The number of allylic oxidation sites excluding steroid dienone is 1. The highest BCUT2D eigenvalue weighted by Crippen LogP contribution is 2.44. The monoisotopic (exact) mass is 449 g/mol. The maximum absolute atomic E-state index is 14.8. The Morgan fingerprint density at radius 2 is 1.91 bits per heavy atom. The minimum Gasteiger partial charge on any atom is -0.450 e. The highest BCUT2D eigenvalue weighted by molar-refractivity contribution is 5.72. The predicted molar refractivity (Wildman–Crippen MR) is 117 cm³/mol. The highest BCUT2D eigenvalue weighted by Gasteiger charge is 2.40. The van der Waals surface area contributed by atoms with Crippen molar-refractivity contribution >= 4 is 12.2 Å². The zero-order valence-electron chi connectivity index (χ0n) is 17.8. The molecule has 0 saturated carbocycles. The van der Waals surface area contributed by atoms with E-state index in [1.54, 1.807) is 49.4 Å². The van der Waals surface area contributed by atoms with Crippen molar-refractivity contribution in [1.29, 1.82) is 5.26 Å². The number of benzene rings is 2. The van der Waals surface area contributed by atoms with Crippen LogP contribution in [0.5, 0.6) is 0 Å². The summed E-state index contributed by atoms with van der Waals surface area (Å²) in [5.41, 5.74) is 7.54. The average molecular weight is 449 g/mol. The molecule has 2 aliphatic rings. The summed E-state index contributed by atoms with van der Waals surface area (Å²) in [6, 6.07) is 14.2. The van der Waals surface area contributed by atoms with Crippen LogP contribution >= 0.6 is 0 Å². The SMILES string of the molecule is CCOC(=O)N1CC2=C(OC(N)=C(C#N)C2c2ccccc2F)/C(=C/c2ccccc2F)C1. The van der Waals surface area contributed by atoms with Crippen molar-refractivity contribution in [2.75, 3.05) is 19.7 Å². The van der Waals surface area contributed by atoms with Gasteiger partial charge in [0.25, 0.3) is 0 Å². The van der Waals surface area contributed by atoms with Crippen LogP contribution in [0.25, 0.3) is 6.08 Å². The van der Waals surface area contributed by atoms with Gasteiger partial charge in [0.2, 0.25) is 5.88 Å². The van der Waals surface area contributed by atoms with Gasteiger partial charge in [-0.1, -0.05) is 36.4 Å². The largest absolute Gasteiger partial charge is 0.450 e. The lowest BCUT2D eigenvalue weighted by Gasteiger charge is -2.37. The lowest BCUT2D eigenvalue weighted by molar-refractivity contribution is 0.109. The average Bonchev–Trinajstić information content (AvgIpc) is 2.80. The Morgan fingerprint density at radius 3 is 2.58 bits per heavy atom. The number of carbonyl (C=O) groups is 1. The normalized spacial score (nSPS) is 19.2. The smallest absolute Gasteiger partial charge is 0.410 e. The molecule has 2 aromatic rings. The van der Waals surface area contributed by atoms with Gasteiger partial charge in [0.15, 0.2) is 0 Å². The standard InChI is InChI=1S/C25H21F2N3O3/c1-2-32-25(31)30-13-16(11-15-7-3-5-9-20(15)26)23-19(14-30)22(18(12-28)24(29)33-23)17-8-4-6-10-21(17)27/h3-11,22H,2,13-14,29H2,1H3/b16-11+. The second-order valence-electron chi connectivity index (χ2n) is 7.55. The summed E-state index contributed by atoms with van der Waals surface area (Å²) in [5.74, 6) is -1.72. The fourth-order valence-corrected chi connectivity index (χ4v) is 4.06. The van der Waals surface area contributed by atoms with E-state index in [1.807, 2.05) is 6.07 Å². The minimum absolute atomic E-state index is 0.0280. The first-order valence-corrected chi connectivity index (χ1v) is 10.4. The lowest BCUT2D eigenvalue weighted by Crippen LogP contribution is -2.42. The number of carbonyl (C=O) groups excluding carboxylic acids is 1. The molecular formula is C25H21F2N3O3. The van der Waals surface area contributed by atoms with Crippen molar-refractivity contribution in [2.45, 2.75) is 12.8 Å². The van der Waals surface area contributed by atoms with Gasteiger partial charge in [0.05, 0.1) is 25.6 Å². The van der Waals surface area contributed by atoms with Crippen LogP contribution in [-0.2, 0) is 9.47 Å². The molecule has 2 heterocycles. The Morgan fingerprint density at radius 1 is 1.21 bits per heavy atom. The fraction of sp³-hybridized carbons (Fsp3) is 0.200. The van der Waals surface area contributed by atoms with Crippen molar-refractivity contribution in [2.24, 2.45) is 5.73 Å². The Balaban J connectivity index is 1.92. The van der Waals surface area contributed by atoms with E-state index in [-0.39, 0.29) is 42.3 Å².